The quantitative estimate of drug-likeness (QED) is 0.780. The molecule has 7 nitrogen and oxygen atoms in total. The van der Waals surface area contributed by atoms with Crippen molar-refractivity contribution in [3.05, 3.63) is 11.6 Å². The highest BCUT2D eigenvalue weighted by Gasteiger charge is 2.39. The maximum atomic E-state index is 12.4. The van der Waals surface area contributed by atoms with Crippen LogP contribution in [0.3, 0.4) is 0 Å². The summed E-state index contributed by atoms with van der Waals surface area (Å²) < 4.78 is 7.79. The first-order chi connectivity index (χ1) is 10.7. The first-order valence-corrected chi connectivity index (χ1v) is 8.25. The van der Waals surface area contributed by atoms with Crippen LogP contribution in [0.2, 0.25) is 0 Å². The zero-order chi connectivity index (χ0) is 15.1. The molecule has 1 atom stereocenters. The summed E-state index contributed by atoms with van der Waals surface area (Å²) in [6.07, 6.45) is 2.88. The summed E-state index contributed by atoms with van der Waals surface area (Å²) >= 11 is 0. The van der Waals surface area contributed by atoms with Crippen molar-refractivity contribution in [3.63, 3.8) is 0 Å². The van der Waals surface area contributed by atoms with Gasteiger partial charge in [-0.05, 0) is 26.2 Å². The topological polar surface area (TPSA) is 63.5 Å². The predicted octanol–water partition coefficient (Wildman–Crippen LogP) is 0.182. The molecule has 0 N–H and O–H groups in total. The normalized spacial score (nSPS) is 26.6. The highest BCUT2D eigenvalue weighted by Crippen LogP contribution is 2.23. The number of aryl methyl sites for hydroxylation is 1. The van der Waals surface area contributed by atoms with Crippen LogP contribution in [0.5, 0.6) is 0 Å². The third-order valence-corrected chi connectivity index (χ3v) is 5.11. The molecule has 0 saturated carbocycles. The zero-order valence-electron chi connectivity index (χ0n) is 13.1. The zero-order valence-corrected chi connectivity index (χ0v) is 13.1. The third kappa shape index (κ3) is 2.42. The molecular weight excluding hydrogens is 282 g/mol. The van der Waals surface area contributed by atoms with Gasteiger partial charge in [0.05, 0.1) is 6.54 Å². The van der Waals surface area contributed by atoms with Gasteiger partial charge >= 0.3 is 0 Å². The molecule has 1 aromatic heterocycles. The molecule has 0 unspecified atom stereocenters. The summed E-state index contributed by atoms with van der Waals surface area (Å²) in [6.45, 7) is 7.18. The van der Waals surface area contributed by atoms with Gasteiger partial charge in [-0.3, -0.25) is 9.69 Å². The molecule has 0 radical (unpaired) electrons. The number of fused-ring (bicyclic) bond motifs is 1. The van der Waals surface area contributed by atoms with Gasteiger partial charge in [0.15, 0.2) is 0 Å². The number of amides is 1. The molecule has 3 aliphatic heterocycles. The lowest BCUT2D eigenvalue weighted by atomic mass is 10.0. The van der Waals surface area contributed by atoms with Gasteiger partial charge in [0.2, 0.25) is 0 Å². The lowest BCUT2D eigenvalue weighted by molar-refractivity contribution is -0.154. The summed E-state index contributed by atoms with van der Waals surface area (Å²) in [6, 6.07) is 0.457. The molecule has 0 aliphatic carbocycles. The van der Waals surface area contributed by atoms with E-state index >= 15 is 0 Å². The van der Waals surface area contributed by atoms with E-state index in [2.05, 4.69) is 19.7 Å². The molecule has 22 heavy (non-hydrogen) atoms. The fourth-order valence-corrected chi connectivity index (χ4v) is 3.64. The van der Waals surface area contributed by atoms with E-state index < -0.39 is 0 Å². The van der Waals surface area contributed by atoms with Crippen molar-refractivity contribution in [2.75, 3.05) is 26.2 Å². The van der Waals surface area contributed by atoms with Crippen LogP contribution < -0.4 is 0 Å². The Morgan fingerprint density at radius 3 is 2.86 bits per heavy atom. The Balaban J connectivity index is 1.31. The molecule has 2 saturated heterocycles. The van der Waals surface area contributed by atoms with E-state index in [9.17, 15) is 4.79 Å². The van der Waals surface area contributed by atoms with Gasteiger partial charge in [0, 0.05) is 38.8 Å². The predicted molar refractivity (Wildman–Crippen MR) is 79.1 cm³/mol. The monoisotopic (exact) mass is 305 g/mol. The fourth-order valence-electron chi connectivity index (χ4n) is 3.64. The van der Waals surface area contributed by atoms with Crippen LogP contribution >= 0.6 is 0 Å². The van der Waals surface area contributed by atoms with Gasteiger partial charge in [0.25, 0.3) is 5.91 Å². The second-order valence-electron chi connectivity index (χ2n) is 6.54. The van der Waals surface area contributed by atoms with E-state index in [-0.39, 0.29) is 12.0 Å². The highest BCUT2D eigenvalue weighted by atomic mass is 16.5. The molecule has 4 heterocycles. The van der Waals surface area contributed by atoms with Gasteiger partial charge in [-0.1, -0.05) is 0 Å². The van der Waals surface area contributed by atoms with E-state index in [0.29, 0.717) is 6.04 Å². The number of nitrogens with zero attached hydrogens (tertiary/aromatic N) is 5. The Morgan fingerprint density at radius 1 is 1.23 bits per heavy atom. The van der Waals surface area contributed by atoms with Gasteiger partial charge < -0.3 is 14.2 Å². The first kappa shape index (κ1) is 14.1. The summed E-state index contributed by atoms with van der Waals surface area (Å²) in [5, 5.41) is 8.39. The Morgan fingerprint density at radius 2 is 2.09 bits per heavy atom. The smallest absolute Gasteiger partial charge is 0.251 e. The maximum Gasteiger partial charge on any atom is 0.251 e. The Bertz CT molecular complexity index is 560. The van der Waals surface area contributed by atoms with E-state index in [1.807, 2.05) is 11.8 Å². The number of hydrogen-bond donors (Lipinski definition) is 0. The number of carbonyl (C=O) groups excluding carboxylic acids is 1. The largest absolute Gasteiger partial charge is 0.368 e. The van der Waals surface area contributed by atoms with Gasteiger partial charge in [-0.15, -0.1) is 10.2 Å². The van der Waals surface area contributed by atoms with E-state index in [0.717, 1.165) is 70.2 Å². The first-order valence-electron chi connectivity index (χ1n) is 8.25. The molecule has 7 heteroatoms. The minimum atomic E-state index is -0.193. The minimum absolute atomic E-state index is 0.187. The second kappa shape index (κ2) is 5.62. The number of carbonyl (C=O) groups is 1. The second-order valence-corrected chi connectivity index (χ2v) is 6.54. The van der Waals surface area contributed by atoms with Gasteiger partial charge in [-0.2, -0.15) is 0 Å². The Labute approximate surface area is 130 Å². The molecule has 4 rings (SSSR count). The van der Waals surface area contributed by atoms with Crippen LogP contribution in [-0.2, 0) is 22.6 Å². The molecule has 1 aromatic rings. The van der Waals surface area contributed by atoms with Gasteiger partial charge in [-0.25, -0.2) is 0 Å². The molecule has 1 amide bonds. The van der Waals surface area contributed by atoms with Crippen molar-refractivity contribution in [3.8, 4) is 0 Å². The van der Waals surface area contributed by atoms with Crippen LogP contribution in [0, 0.1) is 6.92 Å². The van der Waals surface area contributed by atoms with Crippen molar-refractivity contribution in [2.24, 2.45) is 0 Å². The Hall–Kier alpha value is -1.47. The number of aromatic nitrogens is 3. The number of likely N-dealkylation sites (tertiary alicyclic amines) is 1. The van der Waals surface area contributed by atoms with Crippen molar-refractivity contribution in [1.82, 2.24) is 24.6 Å². The SMILES string of the molecule is Cc1nnc2n1CCN(C1CN(C(=O)[C@H]3CCCCO3)C1)C2. The van der Waals surface area contributed by atoms with E-state index in [1.54, 1.807) is 0 Å². The van der Waals surface area contributed by atoms with Crippen molar-refractivity contribution in [2.45, 2.75) is 51.4 Å². The third-order valence-electron chi connectivity index (χ3n) is 5.11. The molecule has 0 spiro atoms. The van der Waals surface area contributed by atoms with Crippen LogP contribution in [0.4, 0.5) is 0 Å². The number of hydrogen-bond acceptors (Lipinski definition) is 5. The molecule has 2 fully saturated rings. The molecule has 3 aliphatic rings. The van der Waals surface area contributed by atoms with E-state index in [4.69, 9.17) is 4.74 Å². The lowest BCUT2D eigenvalue weighted by Gasteiger charge is -2.47. The van der Waals surface area contributed by atoms with Crippen molar-refractivity contribution < 1.29 is 9.53 Å². The molecular formula is C15H23N5O2. The van der Waals surface area contributed by atoms with Gasteiger partial charge in [0.1, 0.15) is 17.8 Å². The average molecular weight is 305 g/mol. The van der Waals surface area contributed by atoms with Crippen molar-refractivity contribution in [1.29, 1.82) is 0 Å². The summed E-state index contributed by atoms with van der Waals surface area (Å²) in [5.74, 6) is 2.23. The molecule has 120 valence electrons. The summed E-state index contributed by atoms with van der Waals surface area (Å²) in [4.78, 5) is 16.7. The standard InChI is InChI=1S/C15H23N5O2/c1-11-16-17-14-10-18(5-6-20(11)14)12-8-19(9-12)15(21)13-4-2-3-7-22-13/h12-13H,2-10H2,1H3/t13-/m1/s1. The fraction of sp³-hybridized carbons (Fsp3) is 0.800. The van der Waals surface area contributed by atoms with Crippen molar-refractivity contribution >= 4 is 5.91 Å². The van der Waals surface area contributed by atoms with Crippen LogP contribution in [0.15, 0.2) is 0 Å². The highest BCUT2D eigenvalue weighted by molar-refractivity contribution is 5.81. The number of ether oxygens (including phenoxy) is 1. The van der Waals surface area contributed by atoms with Crippen LogP contribution in [-0.4, -0.2) is 68.9 Å². The molecule has 0 bridgehead atoms. The lowest BCUT2D eigenvalue weighted by Crippen LogP contribution is -2.63. The maximum absolute atomic E-state index is 12.4. The van der Waals surface area contributed by atoms with Crippen LogP contribution in [0.25, 0.3) is 0 Å². The van der Waals surface area contributed by atoms with Crippen LogP contribution in [0.1, 0.15) is 30.9 Å². The molecule has 0 aromatic carbocycles. The number of rotatable bonds is 2. The summed E-state index contributed by atoms with van der Waals surface area (Å²) in [5.41, 5.74) is 0. The Kier molecular flexibility index (Phi) is 3.62. The van der Waals surface area contributed by atoms with E-state index in [1.165, 1.54) is 0 Å². The summed E-state index contributed by atoms with van der Waals surface area (Å²) in [7, 11) is 0. The minimum Gasteiger partial charge on any atom is -0.368 e. The average Bonchev–Trinajstić information content (AvgIpc) is 2.88.